The van der Waals surface area contributed by atoms with E-state index in [-0.39, 0.29) is 5.91 Å². The number of nitrogens with one attached hydrogen (secondary N) is 1. The lowest BCUT2D eigenvalue weighted by atomic mass is 9.72. The van der Waals surface area contributed by atoms with Crippen LogP contribution in [0.25, 0.3) is 0 Å². The summed E-state index contributed by atoms with van der Waals surface area (Å²) in [5.41, 5.74) is -0.599. The van der Waals surface area contributed by atoms with Crippen molar-refractivity contribution >= 4 is 11.9 Å². The van der Waals surface area contributed by atoms with Crippen LogP contribution in [0.5, 0.6) is 0 Å². The van der Waals surface area contributed by atoms with Crippen LogP contribution in [0.15, 0.2) is 11.6 Å². The van der Waals surface area contributed by atoms with E-state index in [1.165, 1.54) is 0 Å². The Morgan fingerprint density at radius 1 is 1.27 bits per heavy atom. The molecule has 0 aliphatic heterocycles. The fourth-order valence-corrected chi connectivity index (χ4v) is 3.16. The Hall–Kier alpha value is -1.36. The van der Waals surface area contributed by atoms with Crippen LogP contribution >= 0.6 is 0 Å². The molecule has 0 fully saturated rings. The number of carbonyl (C=O) groups is 2. The molecular weight excluding hydrogens is 280 g/mol. The third-order valence-corrected chi connectivity index (χ3v) is 4.73. The topological polar surface area (TPSA) is 69.6 Å². The second kappa shape index (κ2) is 8.93. The number of rotatable bonds is 9. The summed E-state index contributed by atoms with van der Waals surface area (Å²) in [5, 5.41) is 12.6. The highest BCUT2D eigenvalue weighted by Gasteiger charge is 2.47. The predicted octanol–water partition coefficient (Wildman–Crippen LogP) is 2.43. The maximum Gasteiger partial charge on any atom is 0.323 e. The predicted molar refractivity (Wildman–Crippen MR) is 87.7 cm³/mol. The lowest BCUT2D eigenvalue weighted by molar-refractivity contribution is -0.153. The Balaban J connectivity index is 2.81. The fraction of sp³-hybridized carbons (Fsp3) is 0.765. The largest absolute Gasteiger partial charge is 0.480 e. The van der Waals surface area contributed by atoms with Crippen LogP contribution in [0, 0.1) is 5.41 Å². The summed E-state index contributed by atoms with van der Waals surface area (Å²) in [7, 11) is 0. The molecule has 0 spiro atoms. The molecule has 5 nitrogen and oxygen atoms in total. The zero-order chi connectivity index (χ0) is 16.6. The lowest BCUT2D eigenvalue weighted by Gasteiger charge is -2.32. The molecule has 0 saturated carbocycles. The molecule has 0 aromatic heterocycles. The van der Waals surface area contributed by atoms with Gasteiger partial charge in [-0.1, -0.05) is 26.8 Å². The molecule has 0 aromatic rings. The third-order valence-electron chi connectivity index (χ3n) is 4.73. The highest BCUT2D eigenvalue weighted by molar-refractivity contribution is 6.05. The second-order valence-corrected chi connectivity index (χ2v) is 5.82. The molecule has 126 valence electrons. The minimum absolute atomic E-state index is 0.297. The van der Waals surface area contributed by atoms with Crippen molar-refractivity contribution < 1.29 is 14.7 Å². The van der Waals surface area contributed by atoms with Gasteiger partial charge in [-0.05, 0) is 50.8 Å². The van der Waals surface area contributed by atoms with Crippen molar-refractivity contribution in [2.45, 2.75) is 52.9 Å². The van der Waals surface area contributed by atoms with Crippen LogP contribution in [0.3, 0.4) is 0 Å². The van der Waals surface area contributed by atoms with E-state index in [2.05, 4.69) is 24.1 Å². The molecule has 5 heteroatoms. The van der Waals surface area contributed by atoms with E-state index in [0.717, 1.165) is 44.5 Å². The molecule has 22 heavy (non-hydrogen) atoms. The number of carboxylic acid groups (broad SMARTS) is 1. The van der Waals surface area contributed by atoms with Gasteiger partial charge in [0, 0.05) is 13.1 Å². The first-order valence-corrected chi connectivity index (χ1v) is 8.46. The summed E-state index contributed by atoms with van der Waals surface area (Å²) in [6.07, 6.45) is 5.89. The molecule has 1 atom stereocenters. The standard InChI is InChI=1S/C17H30N2O3/c1-4-17(16(21)22,14-10-8-7-9-11-14)15(20)18-12-13-19(5-2)6-3/h10H,4-9,11-13H2,1-3H3,(H,18,20)(H,21,22). The van der Waals surface area contributed by atoms with Gasteiger partial charge in [0.2, 0.25) is 5.91 Å². The first-order chi connectivity index (χ1) is 10.5. The number of carboxylic acids is 1. The van der Waals surface area contributed by atoms with Gasteiger partial charge in [-0.2, -0.15) is 0 Å². The van der Waals surface area contributed by atoms with Crippen molar-refractivity contribution in [3.63, 3.8) is 0 Å². The van der Waals surface area contributed by atoms with E-state index in [0.29, 0.717) is 19.4 Å². The Morgan fingerprint density at radius 2 is 1.95 bits per heavy atom. The number of hydrogen-bond acceptors (Lipinski definition) is 3. The zero-order valence-electron chi connectivity index (χ0n) is 14.2. The van der Waals surface area contributed by atoms with Gasteiger partial charge in [0.25, 0.3) is 0 Å². The van der Waals surface area contributed by atoms with Gasteiger partial charge in [-0.3, -0.25) is 9.59 Å². The first-order valence-electron chi connectivity index (χ1n) is 8.46. The molecule has 0 saturated heterocycles. The summed E-state index contributed by atoms with van der Waals surface area (Å²) < 4.78 is 0. The highest BCUT2D eigenvalue weighted by atomic mass is 16.4. The van der Waals surface area contributed by atoms with Gasteiger partial charge >= 0.3 is 5.97 Å². The van der Waals surface area contributed by atoms with E-state index < -0.39 is 11.4 Å². The van der Waals surface area contributed by atoms with Gasteiger partial charge in [0.05, 0.1) is 0 Å². The van der Waals surface area contributed by atoms with Crippen molar-refractivity contribution in [2.75, 3.05) is 26.2 Å². The van der Waals surface area contributed by atoms with E-state index in [1.54, 1.807) is 6.92 Å². The van der Waals surface area contributed by atoms with Crippen LogP contribution in [0.1, 0.15) is 52.9 Å². The van der Waals surface area contributed by atoms with Crippen molar-refractivity contribution in [2.24, 2.45) is 5.41 Å². The van der Waals surface area contributed by atoms with Crippen molar-refractivity contribution in [1.82, 2.24) is 10.2 Å². The monoisotopic (exact) mass is 310 g/mol. The van der Waals surface area contributed by atoms with Crippen molar-refractivity contribution in [3.8, 4) is 0 Å². The Bertz CT molecular complexity index is 416. The van der Waals surface area contributed by atoms with E-state index in [1.807, 2.05) is 6.08 Å². The number of hydrogen-bond donors (Lipinski definition) is 2. The molecular formula is C17H30N2O3. The highest BCUT2D eigenvalue weighted by Crippen LogP contribution is 2.38. The van der Waals surface area contributed by atoms with Crippen LogP contribution in [-0.2, 0) is 9.59 Å². The Labute approximate surface area is 133 Å². The lowest BCUT2D eigenvalue weighted by Crippen LogP contribution is -2.49. The van der Waals surface area contributed by atoms with E-state index >= 15 is 0 Å². The summed E-state index contributed by atoms with van der Waals surface area (Å²) in [6.45, 7) is 9.02. The molecule has 1 amide bonds. The SMILES string of the molecule is CCN(CC)CCNC(=O)C(CC)(C(=O)O)C1=CCCCC1. The fourth-order valence-electron chi connectivity index (χ4n) is 3.16. The van der Waals surface area contributed by atoms with Gasteiger partial charge in [-0.25, -0.2) is 0 Å². The minimum atomic E-state index is -1.39. The Morgan fingerprint density at radius 3 is 2.41 bits per heavy atom. The second-order valence-electron chi connectivity index (χ2n) is 5.82. The van der Waals surface area contributed by atoms with Gasteiger partial charge in [-0.15, -0.1) is 0 Å². The summed E-state index contributed by atoms with van der Waals surface area (Å²) in [4.78, 5) is 26.7. The van der Waals surface area contributed by atoms with Gasteiger partial charge < -0.3 is 15.3 Å². The third kappa shape index (κ3) is 4.09. The van der Waals surface area contributed by atoms with Crippen LogP contribution in [-0.4, -0.2) is 48.1 Å². The maximum atomic E-state index is 12.6. The normalized spacial score (nSPS) is 17.7. The molecule has 2 N–H and O–H groups in total. The van der Waals surface area contributed by atoms with Crippen LogP contribution in [0.4, 0.5) is 0 Å². The number of carbonyl (C=O) groups excluding carboxylic acids is 1. The van der Waals surface area contributed by atoms with Gasteiger partial charge in [0.1, 0.15) is 0 Å². The average Bonchev–Trinajstić information content (AvgIpc) is 2.53. The number of aliphatic carboxylic acids is 1. The number of allylic oxidation sites excluding steroid dienone is 1. The molecule has 0 heterocycles. The van der Waals surface area contributed by atoms with E-state index in [4.69, 9.17) is 0 Å². The molecule has 0 radical (unpaired) electrons. The zero-order valence-corrected chi connectivity index (χ0v) is 14.2. The molecule has 1 aliphatic rings. The maximum absolute atomic E-state index is 12.6. The average molecular weight is 310 g/mol. The minimum Gasteiger partial charge on any atom is -0.480 e. The van der Waals surface area contributed by atoms with Crippen LogP contribution < -0.4 is 5.32 Å². The molecule has 0 aromatic carbocycles. The quantitative estimate of drug-likeness (QED) is 0.507. The van der Waals surface area contributed by atoms with Crippen molar-refractivity contribution in [1.29, 1.82) is 0 Å². The molecule has 1 rings (SSSR count). The number of nitrogens with zero attached hydrogens (tertiary/aromatic N) is 1. The van der Waals surface area contributed by atoms with Crippen LogP contribution in [0.2, 0.25) is 0 Å². The number of likely N-dealkylation sites (N-methyl/N-ethyl adjacent to an activating group) is 1. The molecule has 1 unspecified atom stereocenters. The Kier molecular flexibility index (Phi) is 7.59. The van der Waals surface area contributed by atoms with Gasteiger partial charge in [0.15, 0.2) is 5.41 Å². The van der Waals surface area contributed by atoms with Crippen molar-refractivity contribution in [3.05, 3.63) is 11.6 Å². The van der Waals surface area contributed by atoms with E-state index in [9.17, 15) is 14.7 Å². The summed E-state index contributed by atoms with van der Waals surface area (Å²) in [5.74, 6) is -1.38. The first kappa shape index (κ1) is 18.7. The summed E-state index contributed by atoms with van der Waals surface area (Å²) >= 11 is 0. The number of amides is 1. The smallest absolute Gasteiger partial charge is 0.323 e. The molecule has 0 bridgehead atoms. The molecule has 1 aliphatic carbocycles. The summed E-state index contributed by atoms with van der Waals surface area (Å²) in [6, 6.07) is 0.